The summed E-state index contributed by atoms with van der Waals surface area (Å²) in [5, 5.41) is 0.836. The molecule has 0 amide bonds. The van der Waals surface area contributed by atoms with E-state index in [9.17, 15) is 14.4 Å². The third kappa shape index (κ3) is 4.14. The van der Waals surface area contributed by atoms with Gasteiger partial charge in [-0.05, 0) is 36.9 Å². The Morgan fingerprint density at radius 3 is 2.36 bits per heavy atom. The number of methoxy groups -OCH3 is 2. The molecule has 0 unspecified atom stereocenters. The first-order valence-electron chi connectivity index (χ1n) is 7.50. The number of carbonyl (C=O) groups is 3. The van der Waals surface area contributed by atoms with Gasteiger partial charge in [0.1, 0.15) is 0 Å². The minimum atomic E-state index is -1.04. The molecule has 0 radical (unpaired) electrons. The monoisotopic (exact) mass is 365 g/mol. The van der Waals surface area contributed by atoms with Crippen LogP contribution < -0.4 is 0 Å². The SMILES string of the molecule is COC(=O)C(CCn1c(SC)ccc1C(=O)c1ccco1)C(=O)OC. The number of carbonyl (C=O) groups excluding carboxylic acids is 3. The number of rotatable bonds is 8. The van der Waals surface area contributed by atoms with Crippen molar-refractivity contribution in [3.63, 3.8) is 0 Å². The number of aromatic nitrogens is 1. The van der Waals surface area contributed by atoms with Crippen LogP contribution in [0.25, 0.3) is 0 Å². The van der Waals surface area contributed by atoms with Crippen LogP contribution >= 0.6 is 11.8 Å². The second-order valence-corrected chi connectivity index (χ2v) is 5.93. The summed E-state index contributed by atoms with van der Waals surface area (Å²) in [4.78, 5) is 36.2. The first-order chi connectivity index (χ1) is 12.0. The molecule has 0 bridgehead atoms. The lowest BCUT2D eigenvalue weighted by Crippen LogP contribution is -2.28. The van der Waals surface area contributed by atoms with Crippen molar-refractivity contribution in [2.24, 2.45) is 5.92 Å². The molecule has 0 N–H and O–H groups in total. The van der Waals surface area contributed by atoms with E-state index in [2.05, 4.69) is 9.47 Å². The molecule has 0 aromatic carbocycles. The van der Waals surface area contributed by atoms with Crippen molar-refractivity contribution in [1.29, 1.82) is 0 Å². The molecule has 2 aromatic rings. The van der Waals surface area contributed by atoms with Crippen molar-refractivity contribution < 1.29 is 28.3 Å². The third-order valence-electron chi connectivity index (χ3n) is 3.74. The fraction of sp³-hybridized carbons (Fsp3) is 0.353. The van der Waals surface area contributed by atoms with Gasteiger partial charge in [-0.3, -0.25) is 14.4 Å². The molecule has 0 atom stereocenters. The normalized spacial score (nSPS) is 10.7. The maximum Gasteiger partial charge on any atom is 0.320 e. The van der Waals surface area contributed by atoms with Gasteiger partial charge in [-0.2, -0.15) is 0 Å². The molecule has 0 saturated carbocycles. The van der Waals surface area contributed by atoms with Crippen molar-refractivity contribution in [3.05, 3.63) is 42.0 Å². The third-order valence-corrected chi connectivity index (χ3v) is 4.51. The molecule has 0 aliphatic carbocycles. The predicted octanol–water partition coefficient (Wildman–Crippen LogP) is 2.39. The van der Waals surface area contributed by atoms with Gasteiger partial charge in [0.15, 0.2) is 11.7 Å². The summed E-state index contributed by atoms with van der Waals surface area (Å²) in [7, 11) is 2.43. The Labute approximate surface area is 149 Å². The second kappa shape index (κ2) is 8.57. The van der Waals surface area contributed by atoms with Crippen molar-refractivity contribution in [3.8, 4) is 0 Å². The average Bonchev–Trinajstić information content (AvgIpc) is 3.30. The fourth-order valence-electron chi connectivity index (χ4n) is 2.46. The van der Waals surface area contributed by atoms with E-state index in [1.807, 2.05) is 12.3 Å². The van der Waals surface area contributed by atoms with Gasteiger partial charge in [0, 0.05) is 6.54 Å². The van der Waals surface area contributed by atoms with Crippen molar-refractivity contribution in [2.75, 3.05) is 20.5 Å². The van der Waals surface area contributed by atoms with Crippen LogP contribution in [-0.4, -0.2) is 42.8 Å². The Kier molecular flexibility index (Phi) is 6.46. The molecule has 134 valence electrons. The van der Waals surface area contributed by atoms with Gasteiger partial charge in [-0.1, -0.05) is 0 Å². The zero-order valence-corrected chi connectivity index (χ0v) is 15.0. The highest BCUT2D eigenvalue weighted by molar-refractivity contribution is 7.98. The van der Waals surface area contributed by atoms with Gasteiger partial charge in [0.25, 0.3) is 0 Å². The van der Waals surface area contributed by atoms with Gasteiger partial charge >= 0.3 is 11.9 Å². The summed E-state index contributed by atoms with van der Waals surface area (Å²) < 4.78 is 16.2. The second-order valence-electron chi connectivity index (χ2n) is 5.11. The summed E-state index contributed by atoms with van der Waals surface area (Å²) in [6.07, 6.45) is 3.46. The van der Waals surface area contributed by atoms with Crippen LogP contribution in [0.2, 0.25) is 0 Å². The summed E-state index contributed by atoms with van der Waals surface area (Å²) in [5.41, 5.74) is 0.424. The summed E-state index contributed by atoms with van der Waals surface area (Å²) in [6, 6.07) is 6.73. The standard InChI is InChI=1S/C17H19NO6S/c1-22-16(20)11(17(21)23-2)8-9-18-12(6-7-14(18)25-3)15(19)13-5-4-10-24-13/h4-7,10-11H,8-9H2,1-3H3. The summed E-state index contributed by atoms with van der Waals surface area (Å²) in [6.45, 7) is 0.278. The van der Waals surface area contributed by atoms with Crippen molar-refractivity contribution >= 4 is 29.5 Å². The van der Waals surface area contributed by atoms with E-state index in [4.69, 9.17) is 4.42 Å². The van der Waals surface area contributed by atoms with Gasteiger partial charge in [-0.15, -0.1) is 11.8 Å². The number of hydrogen-bond donors (Lipinski definition) is 0. The van der Waals surface area contributed by atoms with Gasteiger partial charge in [0.2, 0.25) is 5.78 Å². The molecule has 2 aromatic heterocycles. The Bertz CT molecular complexity index is 733. The largest absolute Gasteiger partial charge is 0.468 e. The summed E-state index contributed by atoms with van der Waals surface area (Å²) >= 11 is 1.46. The molecule has 2 heterocycles. The topological polar surface area (TPSA) is 87.7 Å². The Morgan fingerprint density at radius 2 is 1.84 bits per heavy atom. The van der Waals surface area contributed by atoms with Gasteiger partial charge < -0.3 is 18.5 Å². The van der Waals surface area contributed by atoms with Gasteiger partial charge in [-0.25, -0.2) is 0 Å². The molecule has 25 heavy (non-hydrogen) atoms. The lowest BCUT2D eigenvalue weighted by Gasteiger charge is -2.15. The number of hydrogen-bond acceptors (Lipinski definition) is 7. The highest BCUT2D eigenvalue weighted by Crippen LogP contribution is 2.23. The Morgan fingerprint density at radius 1 is 1.16 bits per heavy atom. The van der Waals surface area contributed by atoms with E-state index in [-0.39, 0.29) is 24.5 Å². The van der Waals surface area contributed by atoms with E-state index < -0.39 is 17.9 Å². The molecular weight excluding hydrogens is 346 g/mol. The van der Waals surface area contributed by atoms with E-state index in [0.29, 0.717) is 5.69 Å². The highest BCUT2D eigenvalue weighted by atomic mass is 32.2. The van der Waals surface area contributed by atoms with Gasteiger partial charge in [0.05, 0.1) is 31.2 Å². The number of esters is 2. The smallest absolute Gasteiger partial charge is 0.320 e. The van der Waals surface area contributed by atoms with E-state index in [1.54, 1.807) is 22.8 Å². The van der Waals surface area contributed by atoms with E-state index in [0.717, 1.165) is 5.03 Å². The molecule has 0 fully saturated rings. The van der Waals surface area contributed by atoms with Crippen LogP contribution in [0.1, 0.15) is 22.7 Å². The molecular formula is C17H19NO6S. The van der Waals surface area contributed by atoms with Crippen LogP contribution in [0.3, 0.4) is 0 Å². The fourth-order valence-corrected chi connectivity index (χ4v) is 3.08. The minimum Gasteiger partial charge on any atom is -0.468 e. The molecule has 0 spiro atoms. The number of thioether (sulfide) groups is 1. The number of furan rings is 1. The van der Waals surface area contributed by atoms with Crippen LogP contribution in [-0.2, 0) is 25.6 Å². The molecule has 0 aliphatic heterocycles. The minimum absolute atomic E-state index is 0.153. The molecule has 7 nitrogen and oxygen atoms in total. The van der Waals surface area contributed by atoms with E-state index >= 15 is 0 Å². The average molecular weight is 365 g/mol. The van der Waals surface area contributed by atoms with Crippen LogP contribution in [0.5, 0.6) is 0 Å². The summed E-state index contributed by atoms with van der Waals surface area (Å²) in [5.74, 6) is -2.41. The number of ketones is 1. The first-order valence-corrected chi connectivity index (χ1v) is 8.73. The lowest BCUT2D eigenvalue weighted by molar-refractivity contribution is -0.159. The van der Waals surface area contributed by atoms with Crippen LogP contribution in [0.4, 0.5) is 0 Å². The van der Waals surface area contributed by atoms with Crippen LogP contribution in [0.15, 0.2) is 40.0 Å². The van der Waals surface area contributed by atoms with Crippen molar-refractivity contribution in [1.82, 2.24) is 4.57 Å². The first kappa shape index (κ1) is 18.9. The maximum absolute atomic E-state index is 12.6. The molecule has 0 saturated heterocycles. The Hall–Kier alpha value is -2.48. The molecule has 0 aliphatic rings. The molecule has 8 heteroatoms. The quantitative estimate of drug-likeness (QED) is 0.307. The maximum atomic E-state index is 12.6. The lowest BCUT2D eigenvalue weighted by atomic mass is 10.1. The Balaban J connectivity index is 2.26. The highest BCUT2D eigenvalue weighted by Gasteiger charge is 2.29. The molecule has 2 rings (SSSR count). The van der Waals surface area contributed by atoms with Crippen LogP contribution in [0, 0.1) is 5.92 Å². The predicted molar refractivity (Wildman–Crippen MR) is 90.5 cm³/mol. The van der Waals surface area contributed by atoms with E-state index in [1.165, 1.54) is 32.2 Å². The zero-order valence-electron chi connectivity index (χ0n) is 14.2. The zero-order chi connectivity index (χ0) is 18.4. The van der Waals surface area contributed by atoms with Crippen molar-refractivity contribution in [2.45, 2.75) is 18.0 Å². The number of nitrogens with zero attached hydrogens (tertiary/aromatic N) is 1. The number of ether oxygens (including phenoxy) is 2.